The number of benzene rings is 8. The molecular formula is C62H44F12N2O4. The molecule has 80 heavy (non-hydrogen) atoms. The molecule has 4 amide bonds. The fourth-order valence-electron chi connectivity index (χ4n) is 12.1. The normalized spacial score (nSPS) is 16.3. The molecule has 0 saturated carbocycles. The van der Waals surface area contributed by atoms with Crippen molar-refractivity contribution in [1.29, 1.82) is 0 Å². The van der Waals surface area contributed by atoms with Crippen LogP contribution in [0.25, 0.3) is 82.0 Å². The van der Waals surface area contributed by atoms with Gasteiger partial charge >= 0.3 is 24.7 Å². The molecule has 1 atom stereocenters. The molecule has 1 unspecified atom stereocenters. The second-order valence-electron chi connectivity index (χ2n) is 20.4. The van der Waals surface area contributed by atoms with Crippen molar-refractivity contribution in [3.8, 4) is 33.4 Å². The van der Waals surface area contributed by atoms with Crippen LogP contribution in [0.3, 0.4) is 0 Å². The molecule has 0 spiro atoms. The molecule has 2 heterocycles. The summed E-state index contributed by atoms with van der Waals surface area (Å²) in [4.78, 5) is 64.3. The van der Waals surface area contributed by atoms with E-state index in [4.69, 9.17) is 0 Å². The summed E-state index contributed by atoms with van der Waals surface area (Å²) in [6.45, 7) is 6.95. The third-order valence-corrected chi connectivity index (χ3v) is 16.1. The first-order valence-corrected chi connectivity index (χ1v) is 25.8. The molecule has 410 valence electrons. The standard InChI is InChI=1S/C62H44F12N2O4/c1-5-37(6-2)75-55(77)49-39(29-9-17-33(18-10-29)59(63,64)65)25-43-45-27-41(31-13-21-35(22-14-31)61(69,70)71)51-54-48(45)46(44-26-40(50(56(75)78)53(49)47(43)44)30-11-19-34(20-12-30)60(66,67)68)28-42(32-15-23-36(24-16-32)62(72,73)74)52(54)58(80)76(57(51)79)38(7-3)8-4/h9-23,25-28,36-38H,5-8,24H2,1-4H3. The minimum Gasteiger partial charge on any atom is -0.271 e. The predicted molar refractivity (Wildman–Crippen MR) is 280 cm³/mol. The zero-order valence-corrected chi connectivity index (χ0v) is 42.8. The molecule has 0 saturated heterocycles. The number of carbonyl (C=O) groups is 4. The smallest absolute Gasteiger partial charge is 0.271 e. The van der Waals surface area contributed by atoms with Crippen LogP contribution in [0.4, 0.5) is 52.7 Å². The summed E-state index contributed by atoms with van der Waals surface area (Å²) in [5, 5.41) is 1.02. The number of halogens is 12. The molecule has 11 rings (SSSR count). The zero-order chi connectivity index (χ0) is 57.4. The van der Waals surface area contributed by atoms with Crippen molar-refractivity contribution in [2.75, 3.05) is 0 Å². The number of amides is 4. The Balaban J connectivity index is 1.40. The fourth-order valence-corrected chi connectivity index (χ4v) is 12.1. The second kappa shape index (κ2) is 18.8. The third-order valence-electron chi connectivity index (χ3n) is 16.1. The first kappa shape index (κ1) is 54.0. The molecule has 0 fully saturated rings. The van der Waals surface area contributed by atoms with Gasteiger partial charge in [0.15, 0.2) is 0 Å². The number of hydrogen-bond acceptors (Lipinski definition) is 4. The van der Waals surface area contributed by atoms with E-state index in [-0.39, 0.29) is 136 Å². The van der Waals surface area contributed by atoms with Crippen LogP contribution in [-0.4, -0.2) is 51.7 Å². The van der Waals surface area contributed by atoms with Crippen molar-refractivity contribution in [2.45, 2.75) is 96.6 Å². The van der Waals surface area contributed by atoms with Crippen LogP contribution in [0.2, 0.25) is 0 Å². The van der Waals surface area contributed by atoms with Crippen LogP contribution in [0.5, 0.6) is 0 Å². The number of alkyl halides is 12. The molecule has 0 N–H and O–H groups in total. The molecule has 2 aliphatic heterocycles. The average Bonchev–Trinajstić information content (AvgIpc) is 3.12. The lowest BCUT2D eigenvalue weighted by Gasteiger charge is -2.37. The van der Waals surface area contributed by atoms with Gasteiger partial charge in [0.25, 0.3) is 23.6 Å². The summed E-state index contributed by atoms with van der Waals surface area (Å²) in [5.41, 5.74) is -3.29. The highest BCUT2D eigenvalue weighted by molar-refractivity contribution is 6.44. The number of rotatable bonds is 10. The number of imide groups is 2. The van der Waals surface area contributed by atoms with E-state index in [1.54, 1.807) is 33.8 Å². The van der Waals surface area contributed by atoms with Crippen molar-refractivity contribution in [3.05, 3.63) is 160 Å². The Labute approximate surface area is 448 Å². The first-order valence-electron chi connectivity index (χ1n) is 25.8. The number of nitrogens with zero attached hydrogens (tertiary/aromatic N) is 2. The Hall–Kier alpha value is -8.02. The van der Waals surface area contributed by atoms with Gasteiger partial charge in [-0.15, -0.1) is 0 Å². The van der Waals surface area contributed by atoms with Gasteiger partial charge in [0.05, 0.1) is 44.9 Å². The predicted octanol–water partition coefficient (Wildman–Crippen LogP) is 17.9. The molecule has 6 nitrogen and oxygen atoms in total. The SMILES string of the molecule is CCC(CC)N1C(=O)c2c(C3=CCC(C(F)(F)F)C=C3)cc3c4cc(-c5ccc(C(F)(F)F)cc5)c5c6c(c(-c7ccc(C(F)(F)F)cc7)cc(c7cc(-c8ccc(C(F)(F)F)cc8)c(c2c37)C1=O)c64)C(=O)N(C(CC)CC)C5=O. The molecule has 8 aromatic carbocycles. The summed E-state index contributed by atoms with van der Waals surface area (Å²) in [6.07, 6.45) is -15.2. The highest BCUT2D eigenvalue weighted by Gasteiger charge is 2.45. The van der Waals surface area contributed by atoms with Gasteiger partial charge in [-0.05, 0) is 170 Å². The number of carbonyl (C=O) groups excluding carboxylic acids is 4. The molecular weight excluding hydrogens is 1060 g/mol. The lowest BCUT2D eigenvalue weighted by Crippen LogP contribution is -2.47. The summed E-state index contributed by atoms with van der Waals surface area (Å²) in [6, 6.07) is 16.3. The monoisotopic (exact) mass is 1110 g/mol. The van der Waals surface area contributed by atoms with Gasteiger partial charge in [0.1, 0.15) is 0 Å². The van der Waals surface area contributed by atoms with E-state index in [0.29, 0.717) is 0 Å². The topological polar surface area (TPSA) is 74.8 Å². The van der Waals surface area contributed by atoms with Gasteiger partial charge in [-0.2, -0.15) is 52.7 Å². The van der Waals surface area contributed by atoms with Crippen LogP contribution >= 0.6 is 0 Å². The Morgan fingerprint density at radius 1 is 0.425 bits per heavy atom. The minimum absolute atomic E-state index is 0.0101. The Morgan fingerprint density at radius 3 is 0.963 bits per heavy atom. The Morgan fingerprint density at radius 2 is 0.713 bits per heavy atom. The summed E-state index contributed by atoms with van der Waals surface area (Å²) in [5.74, 6) is -5.27. The van der Waals surface area contributed by atoms with Crippen LogP contribution < -0.4 is 0 Å². The minimum atomic E-state index is -4.80. The zero-order valence-electron chi connectivity index (χ0n) is 42.8. The van der Waals surface area contributed by atoms with E-state index >= 15 is 19.2 Å². The largest absolute Gasteiger partial charge is 0.416 e. The average molecular weight is 1110 g/mol. The van der Waals surface area contributed by atoms with Crippen LogP contribution in [0, 0.1) is 5.92 Å². The van der Waals surface area contributed by atoms with E-state index in [1.807, 2.05) is 0 Å². The summed E-state index contributed by atoms with van der Waals surface area (Å²) >= 11 is 0. The molecule has 8 aromatic rings. The summed E-state index contributed by atoms with van der Waals surface area (Å²) in [7, 11) is 0. The quantitative estimate of drug-likeness (QED) is 0.0592. The molecule has 3 aliphatic rings. The summed E-state index contributed by atoms with van der Waals surface area (Å²) < 4.78 is 171. The van der Waals surface area contributed by atoms with E-state index < -0.39 is 89.4 Å². The molecule has 0 aromatic heterocycles. The van der Waals surface area contributed by atoms with Crippen molar-refractivity contribution >= 4 is 72.3 Å². The first-order chi connectivity index (χ1) is 37.7. The van der Waals surface area contributed by atoms with Crippen LogP contribution in [0.1, 0.15) is 123 Å². The highest BCUT2D eigenvalue weighted by atomic mass is 19.4. The van der Waals surface area contributed by atoms with E-state index in [9.17, 15) is 52.7 Å². The number of hydrogen-bond donors (Lipinski definition) is 0. The highest BCUT2D eigenvalue weighted by Crippen LogP contribution is 2.55. The number of allylic oxidation sites excluding steroid dienone is 4. The molecule has 1 aliphatic carbocycles. The van der Waals surface area contributed by atoms with Gasteiger partial charge in [0, 0.05) is 22.9 Å². The van der Waals surface area contributed by atoms with Crippen molar-refractivity contribution in [2.24, 2.45) is 5.92 Å². The Bertz CT molecular complexity index is 3970. The number of fused-ring (bicyclic) bond motifs is 2. The maximum absolute atomic E-state index is 15.6. The maximum Gasteiger partial charge on any atom is 0.416 e. The van der Waals surface area contributed by atoms with Gasteiger partial charge in [-0.1, -0.05) is 82.3 Å². The van der Waals surface area contributed by atoms with Crippen molar-refractivity contribution < 1.29 is 71.9 Å². The lowest BCUT2D eigenvalue weighted by molar-refractivity contribution is -0.160. The van der Waals surface area contributed by atoms with Gasteiger partial charge in [0.2, 0.25) is 0 Å². The van der Waals surface area contributed by atoms with Crippen molar-refractivity contribution in [3.63, 3.8) is 0 Å². The maximum atomic E-state index is 15.6. The third kappa shape index (κ3) is 8.33. The van der Waals surface area contributed by atoms with E-state index in [1.165, 1.54) is 30.4 Å². The molecule has 0 radical (unpaired) electrons. The van der Waals surface area contributed by atoms with Crippen LogP contribution in [-0.2, 0) is 18.5 Å². The van der Waals surface area contributed by atoms with Crippen molar-refractivity contribution in [1.82, 2.24) is 9.80 Å². The fraction of sp³-hybridized carbons (Fsp3) is 0.258. The van der Waals surface area contributed by atoms with Gasteiger partial charge in [-0.3, -0.25) is 29.0 Å². The van der Waals surface area contributed by atoms with E-state index in [2.05, 4.69) is 0 Å². The van der Waals surface area contributed by atoms with Gasteiger partial charge < -0.3 is 0 Å². The molecule has 18 heteroatoms. The Kier molecular flexibility index (Phi) is 12.7. The molecule has 0 bridgehead atoms. The van der Waals surface area contributed by atoms with Crippen LogP contribution in [0.15, 0.2) is 115 Å². The van der Waals surface area contributed by atoms with Gasteiger partial charge in [-0.25, -0.2) is 0 Å². The van der Waals surface area contributed by atoms with E-state index in [0.717, 1.165) is 88.7 Å². The second-order valence-corrected chi connectivity index (χ2v) is 20.4. The lowest BCUT2D eigenvalue weighted by atomic mass is 9.75.